The van der Waals surface area contributed by atoms with E-state index in [9.17, 15) is 5.11 Å². The molecule has 3 heterocycles. The van der Waals surface area contributed by atoms with Gasteiger partial charge in [-0.25, -0.2) is 9.50 Å². The van der Waals surface area contributed by atoms with Gasteiger partial charge in [-0.05, 0) is 6.07 Å². The van der Waals surface area contributed by atoms with Gasteiger partial charge in [0.1, 0.15) is 5.52 Å². The van der Waals surface area contributed by atoms with Crippen LogP contribution >= 0.6 is 0 Å². The lowest BCUT2D eigenvalue weighted by Crippen LogP contribution is -2.44. The number of fused-ring (bicyclic) bond motifs is 1. The molecular weight excluding hydrogens is 268 g/mol. The van der Waals surface area contributed by atoms with Crippen LogP contribution in [0.15, 0.2) is 18.5 Å². The molecule has 1 fully saturated rings. The average molecular weight is 290 g/mol. The Balaban J connectivity index is 2.00. The minimum atomic E-state index is -0.147. The fourth-order valence-corrected chi connectivity index (χ4v) is 2.54. The number of nitrogens with zero attached hydrogens (tertiary/aromatic N) is 4. The molecule has 6 nitrogen and oxygen atoms in total. The second kappa shape index (κ2) is 5.27. The maximum Gasteiger partial charge on any atom is 0.154 e. The molecule has 1 N–H and O–H groups in total. The number of hydrogen-bond acceptors (Lipinski definition) is 5. The van der Waals surface area contributed by atoms with Crippen LogP contribution in [0.1, 0.15) is 26.5 Å². The van der Waals surface area contributed by atoms with Crippen LogP contribution in [0.3, 0.4) is 0 Å². The molecule has 3 rings (SSSR count). The molecule has 1 saturated heterocycles. The van der Waals surface area contributed by atoms with Crippen LogP contribution in [-0.4, -0.2) is 52.1 Å². The highest BCUT2D eigenvalue weighted by Gasteiger charge is 2.24. The Morgan fingerprint density at radius 1 is 1.43 bits per heavy atom. The van der Waals surface area contributed by atoms with Crippen LogP contribution < -0.4 is 4.90 Å². The molecule has 0 aromatic carbocycles. The number of aromatic nitrogens is 3. The molecule has 1 unspecified atom stereocenters. The van der Waals surface area contributed by atoms with Crippen LogP contribution in [0.4, 0.5) is 5.82 Å². The summed E-state index contributed by atoms with van der Waals surface area (Å²) >= 11 is 0. The topological polar surface area (TPSA) is 62.9 Å². The zero-order valence-electron chi connectivity index (χ0n) is 12.8. The molecular formula is C15H22N4O2. The van der Waals surface area contributed by atoms with Crippen molar-refractivity contribution in [3.63, 3.8) is 0 Å². The largest absolute Gasteiger partial charge is 0.394 e. The van der Waals surface area contributed by atoms with Crippen molar-refractivity contribution in [1.82, 2.24) is 14.6 Å². The highest BCUT2D eigenvalue weighted by Crippen LogP contribution is 2.27. The van der Waals surface area contributed by atoms with E-state index in [4.69, 9.17) is 4.74 Å². The predicted molar refractivity (Wildman–Crippen MR) is 80.7 cm³/mol. The second-order valence-corrected chi connectivity index (χ2v) is 6.48. The quantitative estimate of drug-likeness (QED) is 0.901. The highest BCUT2D eigenvalue weighted by atomic mass is 16.5. The summed E-state index contributed by atoms with van der Waals surface area (Å²) in [5, 5.41) is 13.9. The van der Waals surface area contributed by atoms with Gasteiger partial charge in [0.25, 0.3) is 0 Å². The van der Waals surface area contributed by atoms with E-state index in [0.717, 1.165) is 23.6 Å². The van der Waals surface area contributed by atoms with Gasteiger partial charge in [-0.15, -0.1) is 0 Å². The Kier molecular flexibility index (Phi) is 3.59. The van der Waals surface area contributed by atoms with Crippen molar-refractivity contribution in [2.75, 3.05) is 31.2 Å². The van der Waals surface area contributed by atoms with Gasteiger partial charge in [0.2, 0.25) is 0 Å². The summed E-state index contributed by atoms with van der Waals surface area (Å²) < 4.78 is 7.39. The Bertz CT molecular complexity index is 632. The molecule has 114 valence electrons. The normalized spacial score (nSPS) is 20.2. The number of aliphatic hydroxyl groups excluding tert-OH is 1. The zero-order valence-corrected chi connectivity index (χ0v) is 12.8. The van der Waals surface area contributed by atoms with Crippen LogP contribution in [0.2, 0.25) is 0 Å². The first-order valence-electron chi connectivity index (χ1n) is 7.31. The van der Waals surface area contributed by atoms with Crippen molar-refractivity contribution in [3.8, 4) is 0 Å². The summed E-state index contributed by atoms with van der Waals surface area (Å²) in [7, 11) is 0. The first-order valence-corrected chi connectivity index (χ1v) is 7.31. The van der Waals surface area contributed by atoms with Gasteiger partial charge in [0.05, 0.1) is 25.0 Å². The number of rotatable bonds is 2. The maximum absolute atomic E-state index is 9.29. The highest BCUT2D eigenvalue weighted by molar-refractivity contribution is 5.69. The molecule has 1 atom stereocenters. The molecule has 0 saturated carbocycles. The van der Waals surface area contributed by atoms with Gasteiger partial charge >= 0.3 is 0 Å². The second-order valence-electron chi connectivity index (χ2n) is 6.48. The SMILES string of the molecule is CC(C)(C)c1cc2c(N3CCOC(CO)C3)nccn2n1. The monoisotopic (exact) mass is 290 g/mol. The molecule has 0 aliphatic carbocycles. The number of hydrogen-bond donors (Lipinski definition) is 1. The van der Waals surface area contributed by atoms with Gasteiger partial charge in [0, 0.05) is 30.9 Å². The first kappa shape index (κ1) is 14.3. The average Bonchev–Trinajstić information content (AvgIpc) is 2.91. The van der Waals surface area contributed by atoms with Gasteiger partial charge in [-0.3, -0.25) is 0 Å². The van der Waals surface area contributed by atoms with Crippen LogP contribution in [0.5, 0.6) is 0 Å². The summed E-state index contributed by atoms with van der Waals surface area (Å²) in [5.41, 5.74) is 2.05. The van der Waals surface area contributed by atoms with E-state index in [1.54, 1.807) is 6.20 Å². The number of morpholine rings is 1. The van der Waals surface area contributed by atoms with Crippen molar-refractivity contribution in [2.24, 2.45) is 0 Å². The Morgan fingerprint density at radius 2 is 2.24 bits per heavy atom. The fraction of sp³-hybridized carbons (Fsp3) is 0.600. The van der Waals surface area contributed by atoms with Gasteiger partial charge in [0.15, 0.2) is 5.82 Å². The smallest absolute Gasteiger partial charge is 0.154 e. The van der Waals surface area contributed by atoms with Gasteiger partial charge < -0.3 is 14.7 Å². The van der Waals surface area contributed by atoms with Crippen molar-refractivity contribution >= 4 is 11.3 Å². The van der Waals surface area contributed by atoms with Crippen molar-refractivity contribution in [1.29, 1.82) is 0 Å². The molecule has 1 aliphatic rings. The molecule has 2 aromatic heterocycles. The molecule has 0 spiro atoms. The molecule has 1 aliphatic heterocycles. The van der Waals surface area contributed by atoms with Crippen LogP contribution in [0.25, 0.3) is 5.52 Å². The standard InChI is InChI=1S/C15H22N4O2/c1-15(2,3)13-8-12-14(16-4-5-19(12)17-13)18-6-7-21-11(9-18)10-20/h4-5,8,11,20H,6-7,9-10H2,1-3H3. The summed E-state index contributed by atoms with van der Waals surface area (Å²) in [6.07, 6.45) is 3.49. The molecule has 0 bridgehead atoms. The molecule has 21 heavy (non-hydrogen) atoms. The minimum Gasteiger partial charge on any atom is -0.394 e. The molecule has 6 heteroatoms. The van der Waals surface area contributed by atoms with E-state index >= 15 is 0 Å². The lowest BCUT2D eigenvalue weighted by atomic mass is 9.92. The van der Waals surface area contributed by atoms with E-state index in [-0.39, 0.29) is 18.1 Å². The Labute approximate surface area is 124 Å². The number of ether oxygens (including phenoxy) is 1. The first-order chi connectivity index (χ1) is 9.99. The van der Waals surface area contributed by atoms with Gasteiger partial charge in [-0.2, -0.15) is 5.10 Å². The van der Waals surface area contributed by atoms with E-state index in [1.165, 1.54) is 0 Å². The minimum absolute atomic E-state index is 0.00192. The lowest BCUT2D eigenvalue weighted by Gasteiger charge is -2.33. The van der Waals surface area contributed by atoms with Crippen LogP contribution in [0, 0.1) is 0 Å². The van der Waals surface area contributed by atoms with Crippen molar-refractivity contribution in [2.45, 2.75) is 32.3 Å². The Morgan fingerprint density at radius 3 is 2.95 bits per heavy atom. The summed E-state index contributed by atoms with van der Waals surface area (Å²) in [6.45, 7) is 8.52. The van der Waals surface area contributed by atoms with Gasteiger partial charge in [-0.1, -0.05) is 20.8 Å². The summed E-state index contributed by atoms with van der Waals surface area (Å²) in [6, 6.07) is 2.10. The van der Waals surface area contributed by atoms with E-state index in [0.29, 0.717) is 13.2 Å². The van der Waals surface area contributed by atoms with Crippen LogP contribution in [-0.2, 0) is 10.2 Å². The Hall–Kier alpha value is -1.66. The van der Waals surface area contributed by atoms with E-state index in [2.05, 4.69) is 41.8 Å². The summed E-state index contributed by atoms with van der Waals surface area (Å²) in [4.78, 5) is 6.68. The molecule has 0 radical (unpaired) electrons. The van der Waals surface area contributed by atoms with Crippen molar-refractivity contribution in [3.05, 3.63) is 24.2 Å². The zero-order chi connectivity index (χ0) is 15.0. The van der Waals surface area contributed by atoms with E-state index in [1.807, 2.05) is 10.7 Å². The number of aliphatic hydroxyl groups is 1. The summed E-state index contributed by atoms with van der Waals surface area (Å²) in [5.74, 6) is 0.905. The number of anilines is 1. The molecule has 0 amide bonds. The maximum atomic E-state index is 9.29. The third kappa shape index (κ3) is 2.73. The third-order valence-corrected chi connectivity index (χ3v) is 3.78. The lowest BCUT2D eigenvalue weighted by molar-refractivity contribution is 0.00342. The van der Waals surface area contributed by atoms with E-state index < -0.39 is 0 Å². The molecule has 2 aromatic rings. The predicted octanol–water partition coefficient (Wildman–Crippen LogP) is 1.22. The fourth-order valence-electron chi connectivity index (χ4n) is 2.54. The third-order valence-electron chi connectivity index (χ3n) is 3.78. The van der Waals surface area contributed by atoms with Crippen molar-refractivity contribution < 1.29 is 9.84 Å².